The summed E-state index contributed by atoms with van der Waals surface area (Å²) in [4.78, 5) is 38.1. The minimum Gasteiger partial charge on any atom is -0.354 e. The van der Waals surface area contributed by atoms with Crippen molar-refractivity contribution in [2.75, 3.05) is 11.1 Å². The van der Waals surface area contributed by atoms with Gasteiger partial charge in [0, 0.05) is 24.7 Å². The molecule has 0 unspecified atom stereocenters. The molecule has 0 aliphatic heterocycles. The van der Waals surface area contributed by atoms with Gasteiger partial charge >= 0.3 is 0 Å². The van der Waals surface area contributed by atoms with Crippen LogP contribution in [0, 0.1) is 6.92 Å². The Kier molecular flexibility index (Phi) is 7.50. The van der Waals surface area contributed by atoms with Crippen LogP contribution in [-0.2, 0) is 16.1 Å². The minimum absolute atomic E-state index is 0.0676. The lowest BCUT2D eigenvalue weighted by atomic mass is 10.2. The van der Waals surface area contributed by atoms with E-state index in [0.29, 0.717) is 21.8 Å². The van der Waals surface area contributed by atoms with Gasteiger partial charge in [0.25, 0.3) is 5.56 Å². The van der Waals surface area contributed by atoms with Crippen molar-refractivity contribution < 1.29 is 9.59 Å². The molecule has 1 atom stereocenters. The van der Waals surface area contributed by atoms with Crippen LogP contribution in [0.15, 0.2) is 58.5 Å². The highest BCUT2D eigenvalue weighted by molar-refractivity contribution is 7.99. The summed E-state index contributed by atoms with van der Waals surface area (Å²) in [6.07, 6.45) is 0.973. The standard InChI is InChI=1S/C25H28N6O3S/c1-4-17(3)26-21(32)13-14-30-23(34)19-7-5-6-8-20(19)31-24(30)28-29-25(31)35-15-22(33)27-18-11-9-16(2)10-12-18/h5-12,17H,4,13-15H2,1-3H3,(H,26,32)(H,27,33)/t17-/m1/s1. The molecule has 0 spiro atoms. The predicted molar refractivity (Wildman–Crippen MR) is 138 cm³/mol. The van der Waals surface area contributed by atoms with Crippen molar-refractivity contribution in [3.63, 3.8) is 0 Å². The van der Waals surface area contributed by atoms with Crippen molar-refractivity contribution in [3.8, 4) is 0 Å². The van der Waals surface area contributed by atoms with Gasteiger partial charge in [-0.05, 0) is 44.5 Å². The SMILES string of the molecule is CC[C@@H](C)NC(=O)CCn1c(=O)c2ccccc2n2c(SCC(=O)Nc3ccc(C)cc3)nnc12. The molecule has 35 heavy (non-hydrogen) atoms. The Morgan fingerprint density at radius 3 is 2.54 bits per heavy atom. The molecule has 0 aliphatic carbocycles. The molecule has 2 N–H and O–H groups in total. The van der Waals surface area contributed by atoms with Gasteiger partial charge in [0.15, 0.2) is 5.16 Å². The molecule has 0 saturated heterocycles. The van der Waals surface area contributed by atoms with E-state index in [2.05, 4.69) is 20.8 Å². The summed E-state index contributed by atoms with van der Waals surface area (Å²) in [7, 11) is 0. The van der Waals surface area contributed by atoms with Crippen molar-refractivity contribution in [1.82, 2.24) is 24.5 Å². The summed E-state index contributed by atoms with van der Waals surface area (Å²) in [6.45, 7) is 6.10. The first-order chi connectivity index (χ1) is 16.9. The molecule has 0 saturated carbocycles. The van der Waals surface area contributed by atoms with Gasteiger partial charge in [0.2, 0.25) is 17.6 Å². The number of carbonyl (C=O) groups is 2. The van der Waals surface area contributed by atoms with Crippen LogP contribution in [0.5, 0.6) is 0 Å². The van der Waals surface area contributed by atoms with Crippen LogP contribution in [0.2, 0.25) is 0 Å². The number of aryl methyl sites for hydroxylation is 2. The third-order valence-corrected chi connectivity index (χ3v) is 6.66. The summed E-state index contributed by atoms with van der Waals surface area (Å²) in [5, 5.41) is 15.3. The fourth-order valence-corrected chi connectivity index (χ4v) is 4.40. The summed E-state index contributed by atoms with van der Waals surface area (Å²) < 4.78 is 3.25. The quantitative estimate of drug-likeness (QED) is 0.347. The van der Waals surface area contributed by atoms with Crippen LogP contribution in [0.4, 0.5) is 5.69 Å². The van der Waals surface area contributed by atoms with E-state index in [1.165, 1.54) is 16.3 Å². The van der Waals surface area contributed by atoms with Gasteiger partial charge in [-0.2, -0.15) is 0 Å². The van der Waals surface area contributed by atoms with E-state index in [-0.39, 0.29) is 42.1 Å². The lowest BCUT2D eigenvalue weighted by Gasteiger charge is -2.13. The average molecular weight is 493 g/mol. The third-order valence-electron chi connectivity index (χ3n) is 5.73. The van der Waals surface area contributed by atoms with E-state index in [1.54, 1.807) is 16.5 Å². The van der Waals surface area contributed by atoms with Crippen molar-refractivity contribution in [3.05, 3.63) is 64.4 Å². The van der Waals surface area contributed by atoms with Gasteiger partial charge in [-0.25, -0.2) is 0 Å². The Hall–Kier alpha value is -3.66. The summed E-state index contributed by atoms with van der Waals surface area (Å²) in [6, 6.07) is 14.8. The Morgan fingerprint density at radius 2 is 1.80 bits per heavy atom. The number of rotatable bonds is 9. The van der Waals surface area contributed by atoms with E-state index in [1.807, 2.05) is 57.2 Å². The molecule has 2 aromatic carbocycles. The molecule has 0 radical (unpaired) electrons. The van der Waals surface area contributed by atoms with Crippen molar-refractivity contribution in [2.24, 2.45) is 0 Å². The number of anilines is 1. The molecule has 4 aromatic rings. The first-order valence-electron chi connectivity index (χ1n) is 11.5. The molecule has 182 valence electrons. The second-order valence-electron chi connectivity index (χ2n) is 8.42. The number of hydrogen-bond donors (Lipinski definition) is 2. The van der Waals surface area contributed by atoms with Crippen molar-refractivity contribution in [1.29, 1.82) is 0 Å². The Labute approximate surface area is 206 Å². The Morgan fingerprint density at radius 1 is 1.06 bits per heavy atom. The maximum atomic E-state index is 13.2. The van der Waals surface area contributed by atoms with Gasteiger partial charge in [0.1, 0.15) is 0 Å². The minimum atomic E-state index is -0.231. The Balaban J connectivity index is 1.60. The van der Waals surface area contributed by atoms with Gasteiger partial charge in [-0.3, -0.25) is 23.4 Å². The lowest BCUT2D eigenvalue weighted by molar-refractivity contribution is -0.122. The highest BCUT2D eigenvalue weighted by atomic mass is 32.2. The van der Waals surface area contributed by atoms with E-state index in [9.17, 15) is 14.4 Å². The molecular weight excluding hydrogens is 464 g/mol. The highest BCUT2D eigenvalue weighted by Gasteiger charge is 2.18. The zero-order chi connectivity index (χ0) is 24.9. The number of benzene rings is 2. The number of fused-ring (bicyclic) bond motifs is 3. The third kappa shape index (κ3) is 5.54. The molecule has 2 aromatic heterocycles. The molecule has 0 fully saturated rings. The van der Waals surface area contributed by atoms with Crippen LogP contribution in [-0.4, -0.2) is 42.8 Å². The molecular formula is C25H28N6O3S. The number of carbonyl (C=O) groups excluding carboxylic acids is 2. The molecule has 2 heterocycles. The van der Waals surface area contributed by atoms with Gasteiger partial charge < -0.3 is 10.6 Å². The van der Waals surface area contributed by atoms with Gasteiger partial charge in [-0.15, -0.1) is 10.2 Å². The highest BCUT2D eigenvalue weighted by Crippen LogP contribution is 2.22. The molecule has 0 aliphatic rings. The molecule has 0 bridgehead atoms. The monoisotopic (exact) mass is 492 g/mol. The zero-order valence-corrected chi connectivity index (χ0v) is 20.8. The molecule has 9 nitrogen and oxygen atoms in total. The van der Waals surface area contributed by atoms with Gasteiger partial charge in [0.05, 0.1) is 16.7 Å². The number of hydrogen-bond acceptors (Lipinski definition) is 6. The van der Waals surface area contributed by atoms with E-state index in [0.717, 1.165) is 17.7 Å². The molecule has 10 heteroatoms. The zero-order valence-electron chi connectivity index (χ0n) is 19.9. The van der Waals surface area contributed by atoms with E-state index < -0.39 is 0 Å². The fraction of sp³-hybridized carbons (Fsp3) is 0.320. The van der Waals surface area contributed by atoms with Gasteiger partial charge in [-0.1, -0.05) is 48.5 Å². The molecule has 2 amide bonds. The average Bonchev–Trinajstić information content (AvgIpc) is 3.28. The number of thioether (sulfide) groups is 1. The van der Waals surface area contributed by atoms with Crippen LogP contribution < -0.4 is 16.2 Å². The van der Waals surface area contributed by atoms with Crippen molar-refractivity contribution in [2.45, 2.75) is 51.4 Å². The maximum Gasteiger partial charge on any atom is 0.262 e. The van der Waals surface area contributed by atoms with Crippen molar-refractivity contribution >= 4 is 45.9 Å². The number of amides is 2. The second-order valence-corrected chi connectivity index (χ2v) is 9.36. The summed E-state index contributed by atoms with van der Waals surface area (Å²) >= 11 is 1.23. The maximum absolute atomic E-state index is 13.2. The predicted octanol–water partition coefficient (Wildman–Crippen LogP) is 3.39. The smallest absolute Gasteiger partial charge is 0.262 e. The second kappa shape index (κ2) is 10.7. The Bertz CT molecular complexity index is 1430. The lowest BCUT2D eigenvalue weighted by Crippen LogP contribution is -2.33. The number of nitrogens with zero attached hydrogens (tertiary/aromatic N) is 4. The van der Waals surface area contributed by atoms with Crippen LogP contribution >= 0.6 is 11.8 Å². The van der Waals surface area contributed by atoms with E-state index in [4.69, 9.17) is 0 Å². The fourth-order valence-electron chi connectivity index (χ4n) is 3.66. The summed E-state index contributed by atoms with van der Waals surface area (Å²) in [5.74, 6) is 0.167. The normalized spacial score (nSPS) is 12.1. The van der Waals surface area contributed by atoms with Crippen LogP contribution in [0.3, 0.4) is 0 Å². The first kappa shape index (κ1) is 24.5. The largest absolute Gasteiger partial charge is 0.354 e. The number of para-hydroxylation sites is 1. The van der Waals surface area contributed by atoms with E-state index >= 15 is 0 Å². The number of aromatic nitrogens is 4. The van der Waals surface area contributed by atoms with Crippen LogP contribution in [0.25, 0.3) is 16.7 Å². The topological polar surface area (TPSA) is 110 Å². The number of nitrogens with one attached hydrogen (secondary N) is 2. The molecule has 4 rings (SSSR count). The summed E-state index contributed by atoms with van der Waals surface area (Å²) in [5.41, 5.74) is 2.26. The first-order valence-corrected chi connectivity index (χ1v) is 12.5. The van der Waals surface area contributed by atoms with Crippen LogP contribution in [0.1, 0.15) is 32.3 Å².